The number of allylic oxidation sites excluding steroid dienone is 7. The third-order valence-electron chi connectivity index (χ3n) is 6.03. The molecule has 1 aromatic rings. The van der Waals surface area contributed by atoms with Crippen LogP contribution >= 0.6 is 0 Å². The summed E-state index contributed by atoms with van der Waals surface area (Å²) in [6.45, 7) is 27.4. The second-order valence-electron chi connectivity index (χ2n) is 9.20. The number of hydrogen-bond acceptors (Lipinski definition) is 0. The number of terminal acetylenes is 1. The SMILES string of the molecule is C#CC.C1CCCC1.C=C(C)C1=CC=C(CC)C1.C=C(CC)Cc1c(C)cc(C(=C)C)cc1F.CC. The van der Waals surface area contributed by atoms with Crippen molar-refractivity contribution in [1.29, 1.82) is 0 Å². The van der Waals surface area contributed by atoms with Crippen molar-refractivity contribution in [2.24, 2.45) is 0 Å². The van der Waals surface area contributed by atoms with E-state index in [1.54, 1.807) is 13.0 Å². The van der Waals surface area contributed by atoms with Gasteiger partial charge in [0.2, 0.25) is 0 Å². The zero-order valence-corrected chi connectivity index (χ0v) is 24.7. The summed E-state index contributed by atoms with van der Waals surface area (Å²) in [5, 5.41) is 0. The van der Waals surface area contributed by atoms with E-state index in [1.807, 2.05) is 40.7 Å². The van der Waals surface area contributed by atoms with Crippen molar-refractivity contribution in [3.63, 3.8) is 0 Å². The number of halogens is 1. The van der Waals surface area contributed by atoms with E-state index in [0.29, 0.717) is 6.42 Å². The molecule has 0 unspecified atom stereocenters. The molecular formula is C35H53F. The fraction of sp³-hybridized carbons (Fsp3) is 0.486. The highest BCUT2D eigenvalue weighted by Crippen LogP contribution is 2.25. The van der Waals surface area contributed by atoms with Crippen LogP contribution in [-0.2, 0) is 6.42 Å². The average Bonchev–Trinajstić information content (AvgIpc) is 3.58. The van der Waals surface area contributed by atoms with Crippen molar-refractivity contribution in [1.82, 2.24) is 0 Å². The molecule has 1 saturated carbocycles. The molecule has 0 nitrogen and oxygen atoms in total. The quantitative estimate of drug-likeness (QED) is 0.273. The van der Waals surface area contributed by atoms with E-state index in [1.165, 1.54) is 55.2 Å². The van der Waals surface area contributed by atoms with Crippen LogP contribution in [0, 0.1) is 25.1 Å². The van der Waals surface area contributed by atoms with Crippen LogP contribution in [0.1, 0.15) is 117 Å². The lowest BCUT2D eigenvalue weighted by Gasteiger charge is -2.11. The molecule has 0 saturated heterocycles. The summed E-state index contributed by atoms with van der Waals surface area (Å²) in [5.74, 6) is 2.10. The lowest BCUT2D eigenvalue weighted by Crippen LogP contribution is -1.98. The molecule has 0 aromatic heterocycles. The van der Waals surface area contributed by atoms with Gasteiger partial charge in [0.15, 0.2) is 0 Å². The highest BCUT2D eigenvalue weighted by Gasteiger charge is 2.09. The fourth-order valence-corrected chi connectivity index (χ4v) is 3.62. The molecule has 1 heteroatoms. The lowest BCUT2D eigenvalue weighted by atomic mass is 9.96. The lowest BCUT2D eigenvalue weighted by molar-refractivity contribution is 0.610. The van der Waals surface area contributed by atoms with Gasteiger partial charge in [-0.05, 0) is 81.7 Å². The molecule has 0 amide bonds. The van der Waals surface area contributed by atoms with Gasteiger partial charge >= 0.3 is 0 Å². The van der Waals surface area contributed by atoms with Crippen molar-refractivity contribution in [2.45, 2.75) is 113 Å². The number of hydrogen-bond donors (Lipinski definition) is 0. The van der Waals surface area contributed by atoms with E-state index in [2.05, 4.69) is 58.1 Å². The van der Waals surface area contributed by atoms with Crippen LogP contribution in [-0.4, -0.2) is 0 Å². The molecule has 0 atom stereocenters. The molecular weight excluding hydrogens is 439 g/mol. The van der Waals surface area contributed by atoms with Crippen molar-refractivity contribution < 1.29 is 4.39 Å². The van der Waals surface area contributed by atoms with Gasteiger partial charge in [-0.25, -0.2) is 4.39 Å². The summed E-state index contributed by atoms with van der Waals surface area (Å²) in [6.07, 6.45) is 20.3. The minimum Gasteiger partial charge on any atom is -0.207 e. The summed E-state index contributed by atoms with van der Waals surface area (Å²) >= 11 is 0. The van der Waals surface area contributed by atoms with Crippen LogP contribution in [0.2, 0.25) is 0 Å². The average molecular weight is 493 g/mol. The van der Waals surface area contributed by atoms with Crippen molar-refractivity contribution >= 4 is 5.57 Å². The third kappa shape index (κ3) is 15.4. The van der Waals surface area contributed by atoms with Crippen LogP contribution in [0.4, 0.5) is 4.39 Å². The van der Waals surface area contributed by atoms with Crippen LogP contribution < -0.4 is 0 Å². The normalized spacial score (nSPS) is 12.9. The second-order valence-corrected chi connectivity index (χ2v) is 9.20. The Morgan fingerprint density at radius 2 is 1.44 bits per heavy atom. The van der Waals surface area contributed by atoms with Gasteiger partial charge in [-0.3, -0.25) is 0 Å². The monoisotopic (exact) mass is 492 g/mol. The Morgan fingerprint density at radius 1 is 0.944 bits per heavy atom. The van der Waals surface area contributed by atoms with Crippen LogP contribution in [0.25, 0.3) is 5.57 Å². The molecule has 36 heavy (non-hydrogen) atoms. The van der Waals surface area contributed by atoms with Crippen molar-refractivity contribution in [3.05, 3.63) is 88.8 Å². The molecule has 200 valence electrons. The first kappa shape index (κ1) is 35.6. The van der Waals surface area contributed by atoms with Gasteiger partial charge in [0.1, 0.15) is 5.82 Å². The highest BCUT2D eigenvalue weighted by molar-refractivity contribution is 5.62. The van der Waals surface area contributed by atoms with E-state index >= 15 is 0 Å². The van der Waals surface area contributed by atoms with Gasteiger partial charge in [0, 0.05) is 0 Å². The van der Waals surface area contributed by atoms with Crippen LogP contribution in [0.5, 0.6) is 0 Å². The summed E-state index contributed by atoms with van der Waals surface area (Å²) in [7, 11) is 0. The summed E-state index contributed by atoms with van der Waals surface area (Å²) in [6, 6.07) is 3.55. The van der Waals surface area contributed by atoms with Crippen LogP contribution in [0.3, 0.4) is 0 Å². The van der Waals surface area contributed by atoms with Gasteiger partial charge < -0.3 is 0 Å². The zero-order chi connectivity index (χ0) is 28.1. The Bertz CT molecular complexity index is 880. The van der Waals surface area contributed by atoms with E-state index < -0.39 is 0 Å². The van der Waals surface area contributed by atoms with E-state index in [0.717, 1.165) is 40.7 Å². The summed E-state index contributed by atoms with van der Waals surface area (Å²) in [4.78, 5) is 0. The van der Waals surface area contributed by atoms with E-state index in [4.69, 9.17) is 0 Å². The zero-order valence-electron chi connectivity index (χ0n) is 24.7. The molecule has 3 rings (SSSR count). The van der Waals surface area contributed by atoms with Gasteiger partial charge in [-0.1, -0.05) is 120 Å². The second kappa shape index (κ2) is 21.7. The molecule has 0 bridgehead atoms. The molecule has 0 aliphatic heterocycles. The van der Waals surface area contributed by atoms with Crippen molar-refractivity contribution in [3.8, 4) is 12.3 Å². The standard InChI is InChI=1S/C15H19F.C10H14.C5H10.C3H4.C2H6/c1-6-11(4)7-14-12(5)8-13(10(2)3)9-15(14)16;1-4-9-5-6-10(7-9)8(2)3;1-2-4-5-3-1;1-3-2;1-2/h8-9H,2,4,6-7H2,1,3,5H3;5-6H,2,4,7H2,1,3H3;1-5H2;1H,2H3;1-2H3. The largest absolute Gasteiger partial charge is 0.207 e. The summed E-state index contributed by atoms with van der Waals surface area (Å²) < 4.78 is 13.9. The van der Waals surface area contributed by atoms with Gasteiger partial charge in [0.25, 0.3) is 0 Å². The van der Waals surface area contributed by atoms with E-state index in [9.17, 15) is 4.39 Å². The molecule has 2 aliphatic carbocycles. The summed E-state index contributed by atoms with van der Waals surface area (Å²) in [5.41, 5.74) is 8.70. The number of aryl methyl sites for hydroxylation is 1. The van der Waals surface area contributed by atoms with Crippen molar-refractivity contribution in [2.75, 3.05) is 0 Å². The molecule has 0 heterocycles. The first-order chi connectivity index (χ1) is 17.1. The maximum absolute atomic E-state index is 13.9. The van der Waals surface area contributed by atoms with E-state index in [-0.39, 0.29) is 5.82 Å². The molecule has 0 spiro atoms. The predicted octanol–water partition coefficient (Wildman–Crippen LogP) is 11.5. The van der Waals surface area contributed by atoms with Crippen LogP contribution in [0.15, 0.2) is 66.3 Å². The number of rotatable bonds is 6. The first-order valence-electron chi connectivity index (χ1n) is 13.6. The smallest absolute Gasteiger partial charge is 0.127 e. The Hall–Kier alpha value is -2.59. The Kier molecular flexibility index (Phi) is 21.4. The maximum atomic E-state index is 13.9. The highest BCUT2D eigenvalue weighted by atomic mass is 19.1. The molecule has 0 radical (unpaired) electrons. The maximum Gasteiger partial charge on any atom is 0.127 e. The third-order valence-corrected chi connectivity index (χ3v) is 6.03. The Balaban J connectivity index is 0. The molecule has 2 aliphatic rings. The van der Waals surface area contributed by atoms with Gasteiger partial charge in [-0.2, -0.15) is 0 Å². The molecule has 0 N–H and O–H groups in total. The van der Waals surface area contributed by atoms with Gasteiger partial charge in [0.05, 0.1) is 0 Å². The predicted molar refractivity (Wildman–Crippen MR) is 164 cm³/mol. The van der Waals surface area contributed by atoms with Gasteiger partial charge in [-0.15, -0.1) is 12.3 Å². The Morgan fingerprint density at radius 3 is 1.75 bits per heavy atom. The topological polar surface area (TPSA) is 0 Å². The molecule has 1 aromatic carbocycles. The Labute approximate surface area is 224 Å². The number of benzene rings is 1. The fourth-order valence-electron chi connectivity index (χ4n) is 3.62. The first-order valence-corrected chi connectivity index (χ1v) is 13.6. The minimum absolute atomic E-state index is 0.146. The minimum atomic E-state index is -0.146. The molecule has 1 fully saturated rings.